The fraction of sp³-hybridized carbons (Fsp3) is 0.167. The molecule has 0 saturated carbocycles. The molecule has 11 heavy (non-hydrogen) atoms. The predicted molar refractivity (Wildman–Crippen MR) is 37.7 cm³/mol. The number of carbonyl (C=O) groups excluding carboxylic acids is 1. The zero-order valence-corrected chi connectivity index (χ0v) is 5.90. The minimum atomic E-state index is -0.412. The maximum Gasteiger partial charge on any atom is 0.330 e. The molecule has 0 aliphatic heterocycles. The summed E-state index contributed by atoms with van der Waals surface area (Å²) in [5, 5.41) is 15.5. The molecule has 0 unspecified atom stereocenters. The van der Waals surface area contributed by atoms with Gasteiger partial charge in [0.2, 0.25) is 0 Å². The van der Waals surface area contributed by atoms with Gasteiger partial charge >= 0.3 is 5.97 Å². The Morgan fingerprint density at radius 3 is 2.18 bits per heavy atom. The predicted octanol–water partition coefficient (Wildman–Crippen LogP) is 0.851. The van der Waals surface area contributed by atoms with Crippen LogP contribution in [0.25, 0.3) is 0 Å². The van der Waals surface area contributed by atoms with E-state index in [4.69, 9.17) is 10.5 Å². The summed E-state index contributed by atoms with van der Waals surface area (Å²) >= 11 is 0. The number of hydrogen-bond acceptors (Lipinski definition) is 5. The van der Waals surface area contributed by atoms with E-state index < -0.39 is 5.97 Å². The molecule has 0 aliphatic carbocycles. The molecule has 0 amide bonds. The Morgan fingerprint density at radius 1 is 1.45 bits per heavy atom. The van der Waals surface area contributed by atoms with Crippen molar-refractivity contribution in [3.63, 3.8) is 0 Å². The van der Waals surface area contributed by atoms with Crippen molar-refractivity contribution in [2.45, 2.75) is 0 Å². The van der Waals surface area contributed by atoms with Crippen molar-refractivity contribution in [1.29, 1.82) is 0 Å². The van der Waals surface area contributed by atoms with Crippen LogP contribution in [0.4, 0.5) is 0 Å². The Hall–Kier alpha value is -1.17. The standard InChI is InChI=1S/C6H8O2.H2O3/c1-3-5-8-6(7)4-2;1-3-2/h3-4H,1-2,5H2;1-2H. The molecule has 0 radical (unpaired) electrons. The lowest BCUT2D eigenvalue weighted by Gasteiger charge is -1.92. The minimum absolute atomic E-state index is 0.255. The molecule has 0 saturated heterocycles. The van der Waals surface area contributed by atoms with E-state index in [1.807, 2.05) is 0 Å². The van der Waals surface area contributed by atoms with Gasteiger partial charge in [-0.1, -0.05) is 24.3 Å². The molecule has 64 valence electrons. The van der Waals surface area contributed by atoms with Crippen molar-refractivity contribution in [3.8, 4) is 0 Å². The summed E-state index contributed by atoms with van der Waals surface area (Å²) in [4.78, 5) is 10.2. The highest BCUT2D eigenvalue weighted by molar-refractivity contribution is 5.81. The van der Waals surface area contributed by atoms with Crippen LogP contribution in [-0.2, 0) is 14.6 Å². The van der Waals surface area contributed by atoms with Gasteiger partial charge in [-0.15, -0.1) is 0 Å². The molecular weight excluding hydrogens is 152 g/mol. The van der Waals surface area contributed by atoms with Gasteiger partial charge in [-0.25, -0.2) is 15.3 Å². The van der Waals surface area contributed by atoms with Crippen molar-refractivity contribution in [1.82, 2.24) is 0 Å². The van der Waals surface area contributed by atoms with Crippen LogP contribution >= 0.6 is 0 Å². The smallest absolute Gasteiger partial charge is 0.330 e. The molecule has 2 N–H and O–H groups in total. The molecule has 0 fully saturated rings. The normalized spacial score (nSPS) is 7.09. The molecule has 5 nitrogen and oxygen atoms in total. The summed E-state index contributed by atoms with van der Waals surface area (Å²) in [6.45, 7) is 6.81. The Kier molecular flexibility index (Phi) is 13.2. The van der Waals surface area contributed by atoms with Gasteiger partial charge in [-0.05, 0) is 0 Å². The third-order valence-electron chi connectivity index (χ3n) is 0.510. The van der Waals surface area contributed by atoms with Crippen LogP contribution in [0.15, 0.2) is 25.3 Å². The zero-order valence-electron chi connectivity index (χ0n) is 5.90. The summed E-state index contributed by atoms with van der Waals surface area (Å²) in [5.74, 6) is -0.412. The van der Waals surface area contributed by atoms with Gasteiger partial charge in [0.15, 0.2) is 0 Å². The monoisotopic (exact) mass is 162 g/mol. The van der Waals surface area contributed by atoms with E-state index in [2.05, 4.69) is 22.9 Å². The molecule has 5 heteroatoms. The Balaban J connectivity index is 0. The van der Waals surface area contributed by atoms with E-state index in [-0.39, 0.29) is 6.61 Å². The molecule has 0 heterocycles. The van der Waals surface area contributed by atoms with Crippen LogP contribution in [0.2, 0.25) is 0 Å². The molecule has 0 aromatic rings. The Morgan fingerprint density at radius 2 is 1.91 bits per heavy atom. The van der Waals surface area contributed by atoms with E-state index in [0.29, 0.717) is 0 Å². The van der Waals surface area contributed by atoms with Crippen molar-refractivity contribution in [2.24, 2.45) is 0 Å². The molecule has 0 spiro atoms. The largest absolute Gasteiger partial charge is 0.458 e. The van der Waals surface area contributed by atoms with Crippen molar-refractivity contribution < 1.29 is 25.1 Å². The molecule has 0 rings (SSSR count). The quantitative estimate of drug-likeness (QED) is 0.211. The van der Waals surface area contributed by atoms with E-state index in [9.17, 15) is 4.79 Å². The Labute approximate surface area is 64.0 Å². The van der Waals surface area contributed by atoms with E-state index in [1.165, 1.54) is 6.08 Å². The molecular formula is C6H10O5. The third kappa shape index (κ3) is 17.7. The van der Waals surface area contributed by atoms with E-state index in [1.54, 1.807) is 0 Å². The second-order valence-corrected chi connectivity index (χ2v) is 1.20. The first-order valence-corrected chi connectivity index (χ1v) is 2.58. The highest BCUT2D eigenvalue weighted by Crippen LogP contribution is 1.77. The van der Waals surface area contributed by atoms with Gasteiger partial charge < -0.3 is 4.74 Å². The number of hydrogen-bond donors (Lipinski definition) is 2. The lowest BCUT2D eigenvalue weighted by atomic mass is 10.6. The average Bonchev–Trinajstić information content (AvgIpc) is 2.02. The van der Waals surface area contributed by atoms with Gasteiger partial charge in [0.25, 0.3) is 0 Å². The number of esters is 1. The first-order chi connectivity index (χ1) is 5.22. The average molecular weight is 162 g/mol. The highest BCUT2D eigenvalue weighted by Gasteiger charge is 1.87. The van der Waals surface area contributed by atoms with E-state index in [0.717, 1.165) is 6.08 Å². The molecule has 0 aliphatic rings. The number of ether oxygens (including phenoxy) is 1. The summed E-state index contributed by atoms with van der Waals surface area (Å²) in [6.07, 6.45) is 2.62. The summed E-state index contributed by atoms with van der Waals surface area (Å²) in [5.41, 5.74) is 0. The zero-order chi connectivity index (χ0) is 9.11. The molecule has 0 bridgehead atoms. The topological polar surface area (TPSA) is 76.0 Å². The second kappa shape index (κ2) is 11.6. The van der Waals surface area contributed by atoms with Gasteiger partial charge in [-0.3, -0.25) is 0 Å². The van der Waals surface area contributed by atoms with Crippen LogP contribution < -0.4 is 0 Å². The number of rotatable bonds is 3. The van der Waals surface area contributed by atoms with Crippen LogP contribution in [-0.4, -0.2) is 23.1 Å². The van der Waals surface area contributed by atoms with Gasteiger partial charge in [0.05, 0.1) is 0 Å². The summed E-state index contributed by atoms with van der Waals surface area (Å²) < 4.78 is 4.47. The lowest BCUT2D eigenvalue weighted by Crippen LogP contribution is -1.98. The van der Waals surface area contributed by atoms with Crippen LogP contribution in [0, 0.1) is 0 Å². The SMILES string of the molecule is C=CCOC(=O)C=C.OOO. The van der Waals surface area contributed by atoms with Crippen molar-refractivity contribution in [2.75, 3.05) is 6.61 Å². The maximum absolute atomic E-state index is 10.2. The molecule has 0 aromatic heterocycles. The fourth-order valence-electron chi connectivity index (χ4n) is 0.200. The molecule has 0 aromatic carbocycles. The lowest BCUT2D eigenvalue weighted by molar-refractivity contribution is -0.465. The van der Waals surface area contributed by atoms with Crippen LogP contribution in [0.1, 0.15) is 0 Å². The minimum Gasteiger partial charge on any atom is -0.458 e. The van der Waals surface area contributed by atoms with Crippen molar-refractivity contribution >= 4 is 5.97 Å². The third-order valence-corrected chi connectivity index (χ3v) is 0.510. The fourth-order valence-corrected chi connectivity index (χ4v) is 0.200. The second-order valence-electron chi connectivity index (χ2n) is 1.20. The first-order valence-electron chi connectivity index (χ1n) is 2.58. The van der Waals surface area contributed by atoms with Gasteiger partial charge in [0, 0.05) is 6.08 Å². The van der Waals surface area contributed by atoms with E-state index >= 15 is 0 Å². The number of carbonyl (C=O) groups is 1. The highest BCUT2D eigenvalue weighted by atomic mass is 17.4. The van der Waals surface area contributed by atoms with Crippen molar-refractivity contribution in [3.05, 3.63) is 25.3 Å². The van der Waals surface area contributed by atoms with Crippen LogP contribution in [0.5, 0.6) is 0 Å². The van der Waals surface area contributed by atoms with Crippen LogP contribution in [0.3, 0.4) is 0 Å². The maximum atomic E-state index is 10.2. The first kappa shape index (κ1) is 12.5. The summed E-state index contributed by atoms with van der Waals surface area (Å²) in [7, 11) is 0. The Bertz CT molecular complexity index is 120. The summed E-state index contributed by atoms with van der Waals surface area (Å²) in [6, 6.07) is 0. The van der Waals surface area contributed by atoms with Gasteiger partial charge in [-0.2, -0.15) is 0 Å². The molecule has 0 atom stereocenters. The van der Waals surface area contributed by atoms with Gasteiger partial charge in [0.1, 0.15) is 6.61 Å².